The van der Waals surface area contributed by atoms with Crippen LogP contribution in [0.4, 0.5) is 5.82 Å². The molecule has 5 nitrogen and oxygen atoms in total. The molecule has 2 aromatic rings. The summed E-state index contributed by atoms with van der Waals surface area (Å²) >= 11 is 0. The summed E-state index contributed by atoms with van der Waals surface area (Å²) in [5.74, 6) is -0.319. The first-order valence-corrected chi connectivity index (χ1v) is 4.63. The lowest BCUT2D eigenvalue weighted by molar-refractivity contribution is 0.0954. The van der Waals surface area contributed by atoms with Crippen LogP contribution in [0.15, 0.2) is 47.4 Å². The summed E-state index contributed by atoms with van der Waals surface area (Å²) in [6, 6.07) is 9.91. The molecule has 0 aliphatic heterocycles. The number of nitrogen functional groups attached to an aromatic ring is 1. The molecule has 80 valence electrons. The number of aromatic nitrogens is 2. The Morgan fingerprint density at radius 2 is 1.88 bits per heavy atom. The Hall–Kier alpha value is -2.43. The van der Waals surface area contributed by atoms with Crippen LogP contribution in [0.2, 0.25) is 0 Å². The Bertz CT molecular complexity index is 575. The van der Waals surface area contributed by atoms with Crippen molar-refractivity contribution >= 4 is 11.7 Å². The van der Waals surface area contributed by atoms with Crippen LogP contribution >= 0.6 is 0 Å². The van der Waals surface area contributed by atoms with Crippen molar-refractivity contribution in [3.05, 3.63) is 58.6 Å². The van der Waals surface area contributed by atoms with Gasteiger partial charge in [0.05, 0.1) is 0 Å². The Labute approximate surface area is 91.2 Å². The molecule has 0 atom stereocenters. The molecule has 2 N–H and O–H groups in total. The maximum absolute atomic E-state index is 11.9. The zero-order valence-corrected chi connectivity index (χ0v) is 8.33. The Kier molecular flexibility index (Phi) is 2.51. The van der Waals surface area contributed by atoms with E-state index in [4.69, 9.17) is 5.73 Å². The number of carbonyl (C=O) groups excluding carboxylic acids is 1. The minimum Gasteiger partial charge on any atom is -0.383 e. The molecule has 0 unspecified atom stereocenters. The molecule has 5 heteroatoms. The second-order valence-electron chi connectivity index (χ2n) is 3.18. The first kappa shape index (κ1) is 10.1. The van der Waals surface area contributed by atoms with Gasteiger partial charge in [0.15, 0.2) is 0 Å². The average molecular weight is 215 g/mol. The summed E-state index contributed by atoms with van der Waals surface area (Å²) in [6.07, 6.45) is 1.32. The van der Waals surface area contributed by atoms with Crippen molar-refractivity contribution in [2.75, 3.05) is 5.73 Å². The van der Waals surface area contributed by atoms with Crippen LogP contribution in [0.25, 0.3) is 0 Å². The van der Waals surface area contributed by atoms with Crippen molar-refractivity contribution in [1.82, 2.24) is 9.55 Å². The molecule has 2 rings (SSSR count). The first-order chi connectivity index (χ1) is 7.68. The van der Waals surface area contributed by atoms with Crippen molar-refractivity contribution in [2.24, 2.45) is 0 Å². The Morgan fingerprint density at radius 1 is 1.19 bits per heavy atom. The van der Waals surface area contributed by atoms with Crippen LogP contribution in [0.3, 0.4) is 0 Å². The molecule has 0 aliphatic rings. The minimum atomic E-state index is -0.672. The molecule has 0 bridgehead atoms. The lowest BCUT2D eigenvalue weighted by Crippen LogP contribution is -2.29. The van der Waals surface area contributed by atoms with Crippen molar-refractivity contribution in [1.29, 1.82) is 0 Å². The summed E-state index contributed by atoms with van der Waals surface area (Å²) in [5.41, 5.74) is 5.09. The van der Waals surface area contributed by atoms with Crippen LogP contribution in [0.1, 0.15) is 10.4 Å². The predicted molar refractivity (Wildman–Crippen MR) is 59.1 cm³/mol. The summed E-state index contributed by atoms with van der Waals surface area (Å²) in [4.78, 5) is 26.8. The van der Waals surface area contributed by atoms with Crippen LogP contribution in [-0.2, 0) is 0 Å². The molecule has 0 fully saturated rings. The molecule has 0 saturated heterocycles. The molecule has 0 saturated carbocycles. The van der Waals surface area contributed by atoms with Gasteiger partial charge in [-0.15, -0.1) is 0 Å². The second-order valence-corrected chi connectivity index (χ2v) is 3.18. The topological polar surface area (TPSA) is 78.0 Å². The van der Waals surface area contributed by atoms with Crippen molar-refractivity contribution in [3.8, 4) is 0 Å². The zero-order chi connectivity index (χ0) is 11.5. The van der Waals surface area contributed by atoms with Gasteiger partial charge in [-0.25, -0.2) is 9.36 Å². The number of rotatable bonds is 1. The largest absolute Gasteiger partial charge is 0.383 e. The number of hydrogen-bond acceptors (Lipinski definition) is 4. The molecule has 1 aromatic carbocycles. The molecule has 0 amide bonds. The van der Waals surface area contributed by atoms with E-state index >= 15 is 0 Å². The van der Waals surface area contributed by atoms with E-state index in [1.54, 1.807) is 30.3 Å². The number of benzene rings is 1. The van der Waals surface area contributed by atoms with Crippen LogP contribution in [-0.4, -0.2) is 15.5 Å². The van der Waals surface area contributed by atoms with Crippen molar-refractivity contribution < 1.29 is 4.79 Å². The van der Waals surface area contributed by atoms with Gasteiger partial charge in [-0.05, 0) is 18.2 Å². The molecule has 16 heavy (non-hydrogen) atoms. The van der Waals surface area contributed by atoms with Crippen LogP contribution in [0.5, 0.6) is 0 Å². The van der Waals surface area contributed by atoms with E-state index in [1.807, 2.05) is 0 Å². The molecular formula is C11H9N3O2. The summed E-state index contributed by atoms with van der Waals surface area (Å²) in [7, 11) is 0. The van der Waals surface area contributed by atoms with Gasteiger partial charge in [0.25, 0.3) is 5.91 Å². The smallest absolute Gasteiger partial charge is 0.356 e. The average Bonchev–Trinajstić information content (AvgIpc) is 2.29. The number of nitrogens with zero attached hydrogens (tertiary/aromatic N) is 2. The predicted octanol–water partition coefficient (Wildman–Crippen LogP) is 0.514. The molecule has 0 spiro atoms. The highest BCUT2D eigenvalue weighted by molar-refractivity contribution is 5.95. The third-order valence-electron chi connectivity index (χ3n) is 2.06. The fraction of sp³-hybridized carbons (Fsp3) is 0. The lowest BCUT2D eigenvalue weighted by Gasteiger charge is -2.03. The number of nitrogens with two attached hydrogens (primary N) is 1. The SMILES string of the molecule is Nc1ccn(C(=O)c2ccccc2)c(=O)n1. The lowest BCUT2D eigenvalue weighted by atomic mass is 10.2. The highest BCUT2D eigenvalue weighted by Crippen LogP contribution is 2.01. The standard InChI is InChI=1S/C11H9N3O2/c12-9-6-7-14(11(16)13-9)10(15)8-4-2-1-3-5-8/h1-7H,(H2,12,13,16). The molecule has 1 aromatic heterocycles. The van der Waals surface area contributed by atoms with E-state index in [2.05, 4.69) is 4.98 Å². The van der Waals surface area contributed by atoms with Crippen molar-refractivity contribution in [2.45, 2.75) is 0 Å². The van der Waals surface area contributed by atoms with E-state index in [1.165, 1.54) is 12.3 Å². The Balaban J connectivity index is 2.47. The van der Waals surface area contributed by atoms with Gasteiger partial charge in [0.1, 0.15) is 5.82 Å². The van der Waals surface area contributed by atoms with E-state index in [-0.39, 0.29) is 5.82 Å². The summed E-state index contributed by atoms with van der Waals surface area (Å²) < 4.78 is 0.922. The Morgan fingerprint density at radius 3 is 2.50 bits per heavy atom. The number of anilines is 1. The minimum absolute atomic E-state index is 0.0992. The van der Waals surface area contributed by atoms with Crippen LogP contribution in [0, 0.1) is 0 Å². The third kappa shape index (κ3) is 1.83. The van der Waals surface area contributed by atoms with Gasteiger partial charge in [0.2, 0.25) is 0 Å². The maximum Gasteiger partial charge on any atom is 0.356 e. The second kappa shape index (κ2) is 3.98. The van der Waals surface area contributed by atoms with E-state index in [0.717, 1.165) is 4.57 Å². The highest BCUT2D eigenvalue weighted by Gasteiger charge is 2.09. The maximum atomic E-state index is 11.9. The highest BCUT2D eigenvalue weighted by atomic mass is 16.2. The molecule has 1 heterocycles. The van der Waals surface area contributed by atoms with E-state index in [9.17, 15) is 9.59 Å². The van der Waals surface area contributed by atoms with E-state index < -0.39 is 11.6 Å². The quantitative estimate of drug-likeness (QED) is 0.752. The number of carbonyl (C=O) groups is 1. The molecule has 0 aliphatic carbocycles. The van der Waals surface area contributed by atoms with Gasteiger partial charge < -0.3 is 5.73 Å². The van der Waals surface area contributed by atoms with E-state index in [0.29, 0.717) is 5.56 Å². The number of hydrogen-bond donors (Lipinski definition) is 1. The normalized spacial score (nSPS) is 10.0. The van der Waals surface area contributed by atoms with Gasteiger partial charge in [-0.1, -0.05) is 18.2 Å². The third-order valence-corrected chi connectivity index (χ3v) is 2.06. The summed E-state index contributed by atoms with van der Waals surface area (Å²) in [6.45, 7) is 0. The first-order valence-electron chi connectivity index (χ1n) is 4.63. The van der Waals surface area contributed by atoms with Gasteiger partial charge in [-0.2, -0.15) is 4.98 Å². The van der Waals surface area contributed by atoms with Gasteiger partial charge in [0, 0.05) is 11.8 Å². The fourth-order valence-electron chi connectivity index (χ4n) is 1.29. The fourth-order valence-corrected chi connectivity index (χ4v) is 1.29. The zero-order valence-electron chi connectivity index (χ0n) is 8.33. The van der Waals surface area contributed by atoms with Crippen LogP contribution < -0.4 is 11.4 Å². The molecule has 0 radical (unpaired) electrons. The van der Waals surface area contributed by atoms with Gasteiger partial charge in [-0.3, -0.25) is 4.79 Å². The van der Waals surface area contributed by atoms with Crippen molar-refractivity contribution in [3.63, 3.8) is 0 Å². The molecular weight excluding hydrogens is 206 g/mol. The van der Waals surface area contributed by atoms with Gasteiger partial charge >= 0.3 is 5.69 Å². The summed E-state index contributed by atoms with van der Waals surface area (Å²) in [5, 5.41) is 0. The monoisotopic (exact) mass is 215 g/mol.